The molecule has 1 heterocycles. The first-order chi connectivity index (χ1) is 7.63. The van der Waals surface area contributed by atoms with E-state index in [1.165, 1.54) is 12.1 Å². The van der Waals surface area contributed by atoms with Gasteiger partial charge in [-0.15, -0.1) is 0 Å². The van der Waals surface area contributed by atoms with Crippen molar-refractivity contribution in [2.75, 3.05) is 6.26 Å². The summed E-state index contributed by atoms with van der Waals surface area (Å²) >= 11 is 1.58. The molecule has 0 radical (unpaired) electrons. The minimum absolute atomic E-state index is 0.0676. The van der Waals surface area contributed by atoms with Crippen LogP contribution in [0.3, 0.4) is 0 Å². The summed E-state index contributed by atoms with van der Waals surface area (Å²) in [5, 5.41) is 0.453. The lowest BCUT2D eigenvalue weighted by Gasteiger charge is -2.08. The Morgan fingerprint density at radius 3 is 2.88 bits per heavy atom. The van der Waals surface area contributed by atoms with Crippen molar-refractivity contribution in [2.24, 2.45) is 7.05 Å². The van der Waals surface area contributed by atoms with Gasteiger partial charge in [0.1, 0.15) is 5.82 Å². The van der Waals surface area contributed by atoms with E-state index in [-0.39, 0.29) is 11.2 Å². The van der Waals surface area contributed by atoms with Gasteiger partial charge >= 0.3 is 0 Å². The highest BCUT2D eigenvalue weighted by Gasteiger charge is 2.07. The van der Waals surface area contributed by atoms with Crippen molar-refractivity contribution < 1.29 is 4.39 Å². The monoisotopic (exact) mass is 237 g/mol. The first-order valence-corrected chi connectivity index (χ1v) is 6.29. The van der Waals surface area contributed by atoms with Crippen LogP contribution >= 0.6 is 11.8 Å². The van der Waals surface area contributed by atoms with Crippen molar-refractivity contribution in [1.29, 1.82) is 0 Å². The lowest BCUT2D eigenvalue weighted by atomic mass is 10.1. The minimum Gasteiger partial charge on any atom is -0.350 e. The van der Waals surface area contributed by atoms with E-state index >= 15 is 0 Å². The molecule has 0 aliphatic rings. The highest BCUT2D eigenvalue weighted by molar-refractivity contribution is 7.97. The molecule has 0 unspecified atom stereocenters. The Hall–Kier alpha value is -1.29. The number of benzene rings is 1. The van der Waals surface area contributed by atoms with Crippen LogP contribution in [0.25, 0.3) is 10.9 Å². The third-order valence-electron chi connectivity index (χ3n) is 2.52. The zero-order chi connectivity index (χ0) is 11.7. The minimum atomic E-state index is -0.370. The summed E-state index contributed by atoms with van der Waals surface area (Å²) in [5.41, 5.74) is 1.41. The van der Waals surface area contributed by atoms with E-state index in [4.69, 9.17) is 0 Å². The third kappa shape index (κ3) is 1.85. The summed E-state index contributed by atoms with van der Waals surface area (Å²) < 4.78 is 15.0. The van der Waals surface area contributed by atoms with Crippen LogP contribution in [0.1, 0.15) is 5.56 Å². The molecular formula is C12H12FNOS. The van der Waals surface area contributed by atoms with Crippen molar-refractivity contribution in [3.05, 3.63) is 46.0 Å². The molecule has 0 bridgehead atoms. The molecule has 0 saturated carbocycles. The quantitative estimate of drug-likeness (QED) is 0.800. The highest BCUT2D eigenvalue weighted by Crippen LogP contribution is 2.14. The van der Waals surface area contributed by atoms with Crippen molar-refractivity contribution in [2.45, 2.75) is 5.75 Å². The number of halogens is 1. The molecule has 0 saturated heterocycles. The molecule has 0 fully saturated rings. The Balaban J connectivity index is 2.81. The number of rotatable bonds is 2. The van der Waals surface area contributed by atoms with Gasteiger partial charge < -0.3 is 4.57 Å². The number of thioether (sulfide) groups is 1. The Morgan fingerprint density at radius 2 is 2.19 bits per heavy atom. The van der Waals surface area contributed by atoms with Crippen LogP contribution in [-0.4, -0.2) is 10.8 Å². The number of pyridine rings is 1. The maximum atomic E-state index is 13.1. The number of hydrogen-bond donors (Lipinski definition) is 0. The molecule has 0 aliphatic heterocycles. The molecule has 2 rings (SSSR count). The highest BCUT2D eigenvalue weighted by atomic mass is 32.2. The molecule has 84 valence electrons. The van der Waals surface area contributed by atoms with Crippen LogP contribution in [0.5, 0.6) is 0 Å². The van der Waals surface area contributed by atoms with Crippen LogP contribution in [0, 0.1) is 5.82 Å². The van der Waals surface area contributed by atoms with Crippen molar-refractivity contribution in [3.63, 3.8) is 0 Å². The molecule has 0 aliphatic carbocycles. The molecule has 0 atom stereocenters. The van der Waals surface area contributed by atoms with Gasteiger partial charge in [-0.05, 0) is 24.5 Å². The van der Waals surface area contributed by atoms with E-state index in [0.29, 0.717) is 16.7 Å². The Kier molecular flexibility index (Phi) is 3.01. The largest absolute Gasteiger partial charge is 0.350 e. The van der Waals surface area contributed by atoms with Crippen LogP contribution in [0.15, 0.2) is 29.2 Å². The van der Waals surface area contributed by atoms with Gasteiger partial charge in [0.2, 0.25) is 0 Å². The first-order valence-electron chi connectivity index (χ1n) is 4.90. The fraction of sp³-hybridized carbons (Fsp3) is 0.250. The average Bonchev–Trinajstić information content (AvgIpc) is 2.25. The van der Waals surface area contributed by atoms with E-state index in [9.17, 15) is 9.18 Å². The van der Waals surface area contributed by atoms with Gasteiger partial charge in [-0.3, -0.25) is 4.79 Å². The van der Waals surface area contributed by atoms with E-state index in [2.05, 4.69) is 0 Å². The molecule has 2 nitrogen and oxygen atoms in total. The maximum absolute atomic E-state index is 13.1. The van der Waals surface area contributed by atoms with Gasteiger partial charge in [-0.25, -0.2) is 4.39 Å². The summed E-state index contributed by atoms with van der Waals surface area (Å²) in [5.74, 6) is 0.282. The zero-order valence-electron chi connectivity index (χ0n) is 9.16. The number of nitrogens with zero attached hydrogens (tertiary/aromatic N) is 1. The second-order valence-corrected chi connectivity index (χ2v) is 4.55. The van der Waals surface area contributed by atoms with E-state index < -0.39 is 0 Å². The SMILES string of the molecule is CSCc1cn(C)c2ccc(F)cc2c1=O. The normalized spacial score (nSPS) is 10.9. The zero-order valence-corrected chi connectivity index (χ0v) is 9.97. The Labute approximate surface area is 97.1 Å². The molecule has 4 heteroatoms. The molecule has 0 amide bonds. The van der Waals surface area contributed by atoms with Gasteiger partial charge in [0, 0.05) is 29.9 Å². The third-order valence-corrected chi connectivity index (χ3v) is 3.12. The van der Waals surface area contributed by atoms with Crippen molar-refractivity contribution in [1.82, 2.24) is 4.57 Å². The number of aromatic nitrogens is 1. The second-order valence-electron chi connectivity index (χ2n) is 3.69. The summed E-state index contributed by atoms with van der Waals surface area (Å²) in [6, 6.07) is 4.31. The van der Waals surface area contributed by atoms with Crippen LogP contribution in [-0.2, 0) is 12.8 Å². The van der Waals surface area contributed by atoms with Gasteiger partial charge in [0.15, 0.2) is 5.43 Å². The Bertz CT molecular complexity index is 591. The molecule has 1 aromatic heterocycles. The van der Waals surface area contributed by atoms with Crippen LogP contribution < -0.4 is 5.43 Å². The van der Waals surface area contributed by atoms with E-state index in [1.54, 1.807) is 17.8 Å². The number of aryl methyl sites for hydroxylation is 1. The standard InChI is InChI=1S/C12H12FNOS/c1-14-6-8(7-16-2)12(15)10-5-9(13)3-4-11(10)14/h3-6H,7H2,1-2H3. The molecule has 2 aromatic rings. The predicted molar refractivity (Wildman–Crippen MR) is 66.4 cm³/mol. The number of hydrogen-bond acceptors (Lipinski definition) is 2. The average molecular weight is 237 g/mol. The van der Waals surface area contributed by atoms with Crippen molar-refractivity contribution >= 4 is 22.7 Å². The molecule has 16 heavy (non-hydrogen) atoms. The second kappa shape index (κ2) is 4.29. The fourth-order valence-corrected chi connectivity index (χ4v) is 2.31. The molecule has 0 N–H and O–H groups in total. The van der Waals surface area contributed by atoms with E-state index in [1.807, 2.05) is 24.1 Å². The topological polar surface area (TPSA) is 22.0 Å². The lowest BCUT2D eigenvalue weighted by molar-refractivity contribution is 0.629. The summed E-state index contributed by atoms with van der Waals surface area (Å²) in [4.78, 5) is 12.0. The molecular weight excluding hydrogens is 225 g/mol. The van der Waals surface area contributed by atoms with Gasteiger partial charge in [-0.1, -0.05) is 0 Å². The van der Waals surface area contributed by atoms with Crippen LogP contribution in [0.2, 0.25) is 0 Å². The maximum Gasteiger partial charge on any atom is 0.193 e. The molecule has 1 aromatic carbocycles. The number of fused-ring (bicyclic) bond motifs is 1. The molecule has 0 spiro atoms. The predicted octanol–water partition coefficient (Wildman–Crippen LogP) is 2.54. The summed E-state index contributed by atoms with van der Waals surface area (Å²) in [6.45, 7) is 0. The van der Waals surface area contributed by atoms with Crippen molar-refractivity contribution in [3.8, 4) is 0 Å². The van der Waals surface area contributed by atoms with Gasteiger partial charge in [-0.2, -0.15) is 11.8 Å². The lowest BCUT2D eigenvalue weighted by Crippen LogP contribution is -2.12. The van der Waals surface area contributed by atoms with Gasteiger partial charge in [0.05, 0.1) is 5.52 Å². The smallest absolute Gasteiger partial charge is 0.193 e. The van der Waals surface area contributed by atoms with Crippen LogP contribution in [0.4, 0.5) is 4.39 Å². The first kappa shape index (κ1) is 11.2. The van der Waals surface area contributed by atoms with Gasteiger partial charge in [0.25, 0.3) is 0 Å². The summed E-state index contributed by atoms with van der Waals surface area (Å²) in [7, 11) is 1.86. The summed E-state index contributed by atoms with van der Waals surface area (Å²) in [6.07, 6.45) is 3.76. The fourth-order valence-electron chi connectivity index (χ4n) is 1.79. The van der Waals surface area contributed by atoms with E-state index in [0.717, 1.165) is 5.52 Å². The Morgan fingerprint density at radius 1 is 1.44 bits per heavy atom.